The van der Waals surface area contributed by atoms with Crippen molar-refractivity contribution in [3.05, 3.63) is 0 Å². The Labute approximate surface area is 92.8 Å². The summed E-state index contributed by atoms with van der Waals surface area (Å²) in [6.07, 6.45) is 1.57. The van der Waals surface area contributed by atoms with Gasteiger partial charge in [0.05, 0.1) is 32.9 Å². The summed E-state index contributed by atoms with van der Waals surface area (Å²) in [4.78, 5) is 0. The zero-order chi connectivity index (χ0) is 11.9. The zero-order valence-electron chi connectivity index (χ0n) is 9.86. The Hall–Kier alpha value is -0.170. The highest BCUT2D eigenvalue weighted by Gasteiger charge is 2.15. The van der Waals surface area contributed by atoms with Crippen LogP contribution in [0.2, 0.25) is 0 Å². The molecule has 0 fully saturated rings. The van der Waals surface area contributed by atoms with Crippen LogP contribution in [0.3, 0.4) is 0 Å². The Morgan fingerprint density at radius 3 is 2.20 bits per heavy atom. The second-order valence-electron chi connectivity index (χ2n) is 4.48. The van der Waals surface area contributed by atoms with Gasteiger partial charge in [-0.15, -0.1) is 0 Å². The lowest BCUT2D eigenvalue weighted by atomic mass is 10.3. The molecule has 0 amide bonds. The van der Waals surface area contributed by atoms with Gasteiger partial charge in [-0.1, -0.05) is 0 Å². The summed E-state index contributed by atoms with van der Waals surface area (Å²) in [5.41, 5.74) is 0. The van der Waals surface area contributed by atoms with Gasteiger partial charge in [-0.2, -0.15) is 8.42 Å². The molecule has 0 bridgehead atoms. The molecule has 92 valence electrons. The first-order valence-corrected chi connectivity index (χ1v) is 6.79. The molecule has 0 radical (unpaired) electrons. The molecule has 0 saturated heterocycles. The Morgan fingerprint density at radius 2 is 1.73 bits per heavy atom. The fraction of sp³-hybridized carbons (Fsp3) is 1.00. The van der Waals surface area contributed by atoms with E-state index < -0.39 is 10.1 Å². The van der Waals surface area contributed by atoms with E-state index in [0.717, 1.165) is 30.5 Å². The van der Waals surface area contributed by atoms with Gasteiger partial charge >= 0.3 is 0 Å². The molecule has 6 heteroatoms. The molecule has 0 aliphatic rings. The van der Waals surface area contributed by atoms with Crippen LogP contribution in [-0.2, 0) is 10.1 Å². The van der Waals surface area contributed by atoms with E-state index in [0.29, 0.717) is 6.42 Å². The molecule has 2 N–H and O–H groups in total. The van der Waals surface area contributed by atoms with E-state index in [1.54, 1.807) is 0 Å². The van der Waals surface area contributed by atoms with Gasteiger partial charge in [0, 0.05) is 19.4 Å². The van der Waals surface area contributed by atoms with Crippen LogP contribution in [0.15, 0.2) is 0 Å². The monoisotopic (exact) mass is 239 g/mol. The van der Waals surface area contributed by atoms with Crippen molar-refractivity contribution in [1.29, 1.82) is 0 Å². The second kappa shape index (κ2) is 6.42. The summed E-state index contributed by atoms with van der Waals surface area (Å²) in [6, 6.07) is 0. The largest absolute Gasteiger partial charge is 0.328 e. The maximum atomic E-state index is 10.5. The van der Waals surface area contributed by atoms with Crippen LogP contribution in [0.1, 0.15) is 12.8 Å². The minimum atomic E-state index is -3.79. The van der Waals surface area contributed by atoms with Gasteiger partial charge in [0.1, 0.15) is 0 Å². The smallest absolute Gasteiger partial charge is 0.265 e. The maximum Gasteiger partial charge on any atom is 0.265 e. The number of quaternary nitrogens is 1. The van der Waals surface area contributed by atoms with E-state index in [9.17, 15) is 8.42 Å². The number of rotatable bonds is 8. The molecule has 0 aliphatic carbocycles. The van der Waals surface area contributed by atoms with Crippen LogP contribution < -0.4 is 5.32 Å². The number of nitrogens with zero attached hydrogens (tertiary/aromatic N) is 1. The van der Waals surface area contributed by atoms with Gasteiger partial charge in [0.15, 0.2) is 0 Å². The highest BCUT2D eigenvalue weighted by Crippen LogP contribution is 2.02. The Kier molecular flexibility index (Phi) is 6.35. The standard InChI is InChI=1S/C9H22N2O3S/c1-10-6-4-7-11(2,3)8-5-9-15(12,13)14/h10H,4-9H2,1-3H3/p+1. The van der Waals surface area contributed by atoms with Crippen molar-refractivity contribution in [3.8, 4) is 0 Å². The van der Waals surface area contributed by atoms with E-state index in [4.69, 9.17) is 4.55 Å². The van der Waals surface area contributed by atoms with Crippen molar-refractivity contribution >= 4 is 10.1 Å². The summed E-state index contributed by atoms with van der Waals surface area (Å²) in [5, 5.41) is 3.07. The van der Waals surface area contributed by atoms with E-state index in [2.05, 4.69) is 19.4 Å². The lowest BCUT2D eigenvalue weighted by Crippen LogP contribution is -2.42. The minimum absolute atomic E-state index is 0.138. The summed E-state index contributed by atoms with van der Waals surface area (Å²) in [6.45, 7) is 2.75. The van der Waals surface area contributed by atoms with Crippen LogP contribution in [0, 0.1) is 0 Å². The first-order chi connectivity index (χ1) is 6.77. The molecule has 0 aliphatic heterocycles. The average molecular weight is 239 g/mol. The summed E-state index contributed by atoms with van der Waals surface area (Å²) in [5.74, 6) is -0.138. The fourth-order valence-electron chi connectivity index (χ4n) is 1.47. The molecule has 0 aromatic rings. The van der Waals surface area contributed by atoms with Gasteiger partial charge in [-0.05, 0) is 7.05 Å². The van der Waals surface area contributed by atoms with Crippen molar-refractivity contribution in [1.82, 2.24) is 5.32 Å². The molecular weight excluding hydrogens is 216 g/mol. The quantitative estimate of drug-likeness (QED) is 0.354. The van der Waals surface area contributed by atoms with E-state index in [1.807, 2.05) is 7.05 Å². The summed E-state index contributed by atoms with van der Waals surface area (Å²) >= 11 is 0. The van der Waals surface area contributed by atoms with Crippen molar-refractivity contribution < 1.29 is 17.5 Å². The van der Waals surface area contributed by atoms with Crippen LogP contribution in [0.25, 0.3) is 0 Å². The Balaban J connectivity index is 3.73. The maximum absolute atomic E-state index is 10.5. The third-order valence-corrected chi connectivity index (χ3v) is 3.16. The Morgan fingerprint density at radius 1 is 1.20 bits per heavy atom. The van der Waals surface area contributed by atoms with Gasteiger partial charge in [-0.25, -0.2) is 0 Å². The predicted molar refractivity (Wildman–Crippen MR) is 61.4 cm³/mol. The number of hydrogen-bond acceptors (Lipinski definition) is 3. The van der Waals surface area contributed by atoms with E-state index in [-0.39, 0.29) is 5.75 Å². The van der Waals surface area contributed by atoms with Crippen molar-refractivity contribution in [2.75, 3.05) is 46.5 Å². The second-order valence-corrected chi connectivity index (χ2v) is 6.05. The first-order valence-electron chi connectivity index (χ1n) is 5.19. The van der Waals surface area contributed by atoms with Crippen LogP contribution >= 0.6 is 0 Å². The lowest BCUT2D eigenvalue weighted by Gasteiger charge is -2.29. The number of hydrogen-bond donors (Lipinski definition) is 2. The highest BCUT2D eigenvalue weighted by molar-refractivity contribution is 7.85. The average Bonchev–Trinajstić information content (AvgIpc) is 2.01. The fourth-order valence-corrected chi connectivity index (χ4v) is 1.96. The number of nitrogens with one attached hydrogen (secondary N) is 1. The first kappa shape index (κ1) is 14.8. The third kappa shape index (κ3) is 10.1. The Bertz CT molecular complexity index is 263. The highest BCUT2D eigenvalue weighted by atomic mass is 32.2. The normalized spacial score (nSPS) is 13.1. The molecule has 0 aromatic heterocycles. The molecule has 0 saturated carbocycles. The van der Waals surface area contributed by atoms with E-state index >= 15 is 0 Å². The molecule has 0 spiro atoms. The molecule has 0 aromatic carbocycles. The molecule has 0 atom stereocenters. The molecule has 15 heavy (non-hydrogen) atoms. The van der Waals surface area contributed by atoms with Gasteiger partial charge in [-0.3, -0.25) is 4.55 Å². The van der Waals surface area contributed by atoms with E-state index in [1.165, 1.54) is 0 Å². The summed E-state index contributed by atoms with van der Waals surface area (Å²) < 4.78 is 30.4. The topological polar surface area (TPSA) is 66.4 Å². The predicted octanol–water partition coefficient (Wildman–Crippen LogP) is -0.0498. The molecule has 0 heterocycles. The van der Waals surface area contributed by atoms with Gasteiger partial charge in [0.25, 0.3) is 10.1 Å². The van der Waals surface area contributed by atoms with Crippen molar-refractivity contribution in [2.45, 2.75) is 12.8 Å². The zero-order valence-corrected chi connectivity index (χ0v) is 10.7. The van der Waals surface area contributed by atoms with Crippen LogP contribution in [0.5, 0.6) is 0 Å². The minimum Gasteiger partial charge on any atom is -0.328 e. The van der Waals surface area contributed by atoms with Gasteiger partial charge in [0.2, 0.25) is 0 Å². The van der Waals surface area contributed by atoms with Crippen LogP contribution in [-0.4, -0.2) is 64.0 Å². The molecule has 0 rings (SSSR count). The van der Waals surface area contributed by atoms with Crippen molar-refractivity contribution in [2.24, 2.45) is 0 Å². The molecule has 0 unspecified atom stereocenters. The van der Waals surface area contributed by atoms with Crippen LogP contribution in [0.4, 0.5) is 0 Å². The van der Waals surface area contributed by atoms with Gasteiger partial charge < -0.3 is 9.80 Å². The van der Waals surface area contributed by atoms with Crippen molar-refractivity contribution in [3.63, 3.8) is 0 Å². The summed E-state index contributed by atoms with van der Waals surface area (Å²) in [7, 11) is 2.26. The molecule has 5 nitrogen and oxygen atoms in total. The SMILES string of the molecule is CNCCC[N+](C)(C)CCCS(=O)(=O)O. The third-order valence-electron chi connectivity index (χ3n) is 2.36. The lowest BCUT2D eigenvalue weighted by molar-refractivity contribution is -0.890. The molecular formula is C9H23N2O3S+.